The molecule has 0 unspecified atom stereocenters. The van der Waals surface area contributed by atoms with Gasteiger partial charge in [0, 0.05) is 5.69 Å². The van der Waals surface area contributed by atoms with Gasteiger partial charge in [0.2, 0.25) is 0 Å². The lowest BCUT2D eigenvalue weighted by Gasteiger charge is -2.29. The molecule has 0 heterocycles. The van der Waals surface area contributed by atoms with Crippen LogP contribution in [0.25, 0.3) is 0 Å². The number of hydrogen-bond donors (Lipinski definition) is 1. The SMILES string of the molecule is CC(C)(C)c1cc(C(F)(F)F)cc(C(C)(C)C)c1N. The van der Waals surface area contributed by atoms with Gasteiger partial charge in [-0.1, -0.05) is 41.5 Å². The summed E-state index contributed by atoms with van der Waals surface area (Å²) in [6.45, 7) is 11.2. The van der Waals surface area contributed by atoms with Gasteiger partial charge in [-0.15, -0.1) is 0 Å². The van der Waals surface area contributed by atoms with Crippen molar-refractivity contribution in [1.82, 2.24) is 0 Å². The second kappa shape index (κ2) is 4.43. The van der Waals surface area contributed by atoms with Gasteiger partial charge in [-0.25, -0.2) is 0 Å². The number of hydrogen-bond acceptors (Lipinski definition) is 1. The van der Waals surface area contributed by atoms with E-state index in [1.807, 2.05) is 41.5 Å². The highest BCUT2D eigenvalue weighted by atomic mass is 19.4. The standard InChI is InChI=1S/C15H22F3N/c1-13(2,3)10-7-9(15(16,17)18)8-11(12(10)19)14(4,5)6/h7-8H,19H2,1-6H3. The molecule has 1 nitrogen and oxygen atoms in total. The summed E-state index contributed by atoms with van der Waals surface area (Å²) in [7, 11) is 0. The molecule has 0 atom stereocenters. The maximum atomic E-state index is 13.0. The number of anilines is 1. The number of nitrogen functional groups attached to an aromatic ring is 1. The molecule has 0 aliphatic carbocycles. The Kier molecular flexibility index (Phi) is 3.70. The van der Waals surface area contributed by atoms with Crippen LogP contribution in [-0.2, 0) is 17.0 Å². The summed E-state index contributed by atoms with van der Waals surface area (Å²) in [6, 6.07) is 2.34. The molecule has 0 radical (unpaired) electrons. The van der Waals surface area contributed by atoms with Crippen molar-refractivity contribution >= 4 is 5.69 Å². The average Bonchev–Trinajstić information content (AvgIpc) is 2.11. The van der Waals surface area contributed by atoms with E-state index >= 15 is 0 Å². The zero-order valence-electron chi connectivity index (χ0n) is 12.4. The Bertz CT molecular complexity index is 439. The van der Waals surface area contributed by atoms with Crippen LogP contribution >= 0.6 is 0 Å². The number of alkyl halides is 3. The first kappa shape index (κ1) is 15.9. The largest absolute Gasteiger partial charge is 0.416 e. The molecule has 1 aromatic carbocycles. The van der Waals surface area contributed by atoms with Crippen molar-refractivity contribution in [2.45, 2.75) is 58.5 Å². The van der Waals surface area contributed by atoms with Gasteiger partial charge in [0.05, 0.1) is 5.56 Å². The topological polar surface area (TPSA) is 26.0 Å². The lowest BCUT2D eigenvalue weighted by Crippen LogP contribution is -2.22. The minimum Gasteiger partial charge on any atom is -0.398 e. The molecule has 0 aliphatic rings. The van der Waals surface area contributed by atoms with Gasteiger partial charge in [-0.2, -0.15) is 13.2 Å². The van der Waals surface area contributed by atoms with Gasteiger partial charge < -0.3 is 5.73 Å². The van der Waals surface area contributed by atoms with E-state index in [-0.39, 0.29) is 0 Å². The Morgan fingerprint density at radius 2 is 1.11 bits per heavy atom. The summed E-state index contributed by atoms with van der Waals surface area (Å²) < 4.78 is 39.0. The Morgan fingerprint density at radius 3 is 1.32 bits per heavy atom. The zero-order chi connectivity index (χ0) is 15.2. The molecule has 19 heavy (non-hydrogen) atoms. The third kappa shape index (κ3) is 3.43. The fraction of sp³-hybridized carbons (Fsp3) is 0.600. The number of halogens is 3. The van der Waals surface area contributed by atoms with Crippen LogP contribution in [0.4, 0.5) is 18.9 Å². The molecule has 0 fully saturated rings. The van der Waals surface area contributed by atoms with Crippen LogP contribution in [0.2, 0.25) is 0 Å². The van der Waals surface area contributed by atoms with Crippen molar-refractivity contribution < 1.29 is 13.2 Å². The third-order valence-corrected chi connectivity index (χ3v) is 3.12. The van der Waals surface area contributed by atoms with Gasteiger partial charge in [0.25, 0.3) is 0 Å². The predicted molar refractivity (Wildman–Crippen MR) is 73.3 cm³/mol. The van der Waals surface area contributed by atoms with Crippen LogP contribution in [0.15, 0.2) is 12.1 Å². The highest BCUT2D eigenvalue weighted by molar-refractivity contribution is 5.60. The molecule has 2 N–H and O–H groups in total. The summed E-state index contributed by atoms with van der Waals surface area (Å²) in [6.07, 6.45) is -4.35. The number of rotatable bonds is 0. The Labute approximate surface area is 113 Å². The van der Waals surface area contributed by atoms with E-state index in [1.54, 1.807) is 0 Å². The second-order valence-corrected chi connectivity index (χ2v) is 6.98. The fourth-order valence-electron chi connectivity index (χ4n) is 2.06. The molecule has 0 saturated carbocycles. The molecule has 1 rings (SSSR count). The van der Waals surface area contributed by atoms with Crippen LogP contribution in [0.1, 0.15) is 58.2 Å². The highest BCUT2D eigenvalue weighted by Gasteiger charge is 2.35. The normalized spacial score (nSPS) is 13.7. The van der Waals surface area contributed by atoms with Crippen LogP contribution in [0.5, 0.6) is 0 Å². The second-order valence-electron chi connectivity index (χ2n) is 6.98. The third-order valence-electron chi connectivity index (χ3n) is 3.12. The maximum Gasteiger partial charge on any atom is 0.416 e. The van der Waals surface area contributed by atoms with Gasteiger partial charge in [-0.3, -0.25) is 0 Å². The summed E-state index contributed by atoms with van der Waals surface area (Å²) in [5.74, 6) is 0. The van der Waals surface area contributed by atoms with Gasteiger partial charge in [0.15, 0.2) is 0 Å². The first-order valence-electron chi connectivity index (χ1n) is 6.26. The molecule has 0 aliphatic heterocycles. The first-order valence-corrected chi connectivity index (χ1v) is 6.26. The van der Waals surface area contributed by atoms with Crippen molar-refractivity contribution in [2.75, 3.05) is 5.73 Å². The lowest BCUT2D eigenvalue weighted by molar-refractivity contribution is -0.137. The molecular formula is C15H22F3N. The molecule has 0 aromatic heterocycles. The predicted octanol–water partition coefficient (Wildman–Crippen LogP) is 4.88. The van der Waals surface area contributed by atoms with E-state index in [0.29, 0.717) is 16.8 Å². The summed E-state index contributed by atoms with van der Waals surface area (Å²) >= 11 is 0. The minimum atomic E-state index is -4.35. The van der Waals surface area contributed by atoms with Gasteiger partial charge >= 0.3 is 6.18 Å². The van der Waals surface area contributed by atoms with E-state index in [2.05, 4.69) is 0 Å². The Balaban J connectivity index is 3.68. The lowest BCUT2D eigenvalue weighted by atomic mass is 9.77. The van der Waals surface area contributed by atoms with Crippen molar-refractivity contribution in [3.05, 3.63) is 28.8 Å². The van der Waals surface area contributed by atoms with E-state index in [0.717, 1.165) is 0 Å². The minimum absolute atomic E-state index is 0.425. The monoisotopic (exact) mass is 273 g/mol. The summed E-state index contributed by atoms with van der Waals surface area (Å²) in [5.41, 5.74) is 6.18. The molecule has 0 amide bonds. The number of benzene rings is 1. The molecule has 108 valence electrons. The Hall–Kier alpha value is -1.19. The Morgan fingerprint density at radius 1 is 0.789 bits per heavy atom. The van der Waals surface area contributed by atoms with E-state index in [4.69, 9.17) is 5.73 Å². The molecule has 1 aromatic rings. The van der Waals surface area contributed by atoms with Crippen molar-refractivity contribution in [1.29, 1.82) is 0 Å². The first-order chi connectivity index (χ1) is 8.24. The summed E-state index contributed by atoms with van der Waals surface area (Å²) in [5, 5.41) is 0. The van der Waals surface area contributed by atoms with E-state index in [1.165, 1.54) is 12.1 Å². The maximum absolute atomic E-state index is 13.0. The molecule has 4 heteroatoms. The molecule has 0 bridgehead atoms. The number of nitrogens with two attached hydrogens (primary N) is 1. The molecule has 0 spiro atoms. The van der Waals surface area contributed by atoms with Crippen molar-refractivity contribution in [2.24, 2.45) is 0 Å². The van der Waals surface area contributed by atoms with Crippen molar-refractivity contribution in [3.8, 4) is 0 Å². The smallest absolute Gasteiger partial charge is 0.398 e. The molecular weight excluding hydrogens is 251 g/mol. The van der Waals surface area contributed by atoms with Gasteiger partial charge in [-0.05, 0) is 34.1 Å². The van der Waals surface area contributed by atoms with Crippen molar-refractivity contribution in [3.63, 3.8) is 0 Å². The van der Waals surface area contributed by atoms with E-state index < -0.39 is 22.6 Å². The van der Waals surface area contributed by atoms with Crippen LogP contribution < -0.4 is 5.73 Å². The molecule has 0 saturated heterocycles. The quantitative estimate of drug-likeness (QED) is 0.670. The fourth-order valence-corrected chi connectivity index (χ4v) is 2.06. The zero-order valence-corrected chi connectivity index (χ0v) is 12.4. The summed E-state index contributed by atoms with van der Waals surface area (Å²) in [4.78, 5) is 0. The average molecular weight is 273 g/mol. The van der Waals surface area contributed by atoms with E-state index in [9.17, 15) is 13.2 Å². The highest BCUT2D eigenvalue weighted by Crippen LogP contribution is 2.41. The van der Waals surface area contributed by atoms with Gasteiger partial charge in [0.1, 0.15) is 0 Å². The van der Waals surface area contributed by atoms with Crippen LogP contribution in [0, 0.1) is 0 Å². The van der Waals surface area contributed by atoms with Crippen LogP contribution in [-0.4, -0.2) is 0 Å². The van der Waals surface area contributed by atoms with Crippen LogP contribution in [0.3, 0.4) is 0 Å².